The van der Waals surface area contributed by atoms with Gasteiger partial charge in [0.05, 0.1) is 0 Å². The van der Waals surface area contributed by atoms with E-state index in [4.69, 9.17) is 0 Å². The Morgan fingerprint density at radius 3 is 2.40 bits per heavy atom. The first-order valence-electron chi connectivity index (χ1n) is 6.42. The smallest absolute Gasteiger partial charge is 0.0274 e. The van der Waals surface area contributed by atoms with E-state index in [1.165, 1.54) is 38.6 Å². The molecule has 0 spiro atoms. The van der Waals surface area contributed by atoms with Crippen LogP contribution in [-0.2, 0) is 0 Å². The van der Waals surface area contributed by atoms with Gasteiger partial charge in [0.15, 0.2) is 0 Å². The number of hydrogen-bond acceptors (Lipinski definition) is 2. The van der Waals surface area contributed by atoms with Crippen LogP contribution >= 0.6 is 0 Å². The molecule has 0 saturated heterocycles. The number of hydrogen-bond donors (Lipinski definition) is 1. The summed E-state index contributed by atoms with van der Waals surface area (Å²) in [6, 6.07) is 0. The Kier molecular flexibility index (Phi) is 5.07. The Labute approximate surface area is 95.4 Å². The lowest BCUT2D eigenvalue weighted by Crippen LogP contribution is -2.48. The first-order chi connectivity index (χ1) is 7.06. The quantitative estimate of drug-likeness (QED) is 0.728. The van der Waals surface area contributed by atoms with Crippen LogP contribution in [-0.4, -0.2) is 37.6 Å². The zero-order chi connectivity index (χ0) is 11.3. The molecule has 1 N–H and O–H groups in total. The topological polar surface area (TPSA) is 15.3 Å². The van der Waals surface area contributed by atoms with Crippen LogP contribution in [0.15, 0.2) is 0 Å². The SMILES string of the molecule is CNCC(C)(C)N(C)CCC1CCCC1. The van der Waals surface area contributed by atoms with Crippen LogP contribution in [0.4, 0.5) is 0 Å². The zero-order valence-electron chi connectivity index (χ0n) is 11.0. The summed E-state index contributed by atoms with van der Waals surface area (Å²) in [4.78, 5) is 2.50. The predicted octanol–water partition coefficient (Wildman–Crippen LogP) is 2.50. The van der Waals surface area contributed by atoms with Gasteiger partial charge in [0.25, 0.3) is 0 Å². The van der Waals surface area contributed by atoms with Crippen molar-refractivity contribution in [2.45, 2.75) is 51.5 Å². The second-order valence-electron chi connectivity index (χ2n) is 5.70. The van der Waals surface area contributed by atoms with E-state index < -0.39 is 0 Å². The largest absolute Gasteiger partial charge is 0.318 e. The molecule has 1 aliphatic carbocycles. The first kappa shape index (κ1) is 13.0. The van der Waals surface area contributed by atoms with E-state index >= 15 is 0 Å². The van der Waals surface area contributed by atoms with Crippen molar-refractivity contribution in [1.29, 1.82) is 0 Å². The van der Waals surface area contributed by atoms with E-state index in [1.54, 1.807) is 0 Å². The second kappa shape index (κ2) is 5.86. The van der Waals surface area contributed by atoms with E-state index in [-0.39, 0.29) is 5.54 Å². The summed E-state index contributed by atoms with van der Waals surface area (Å²) in [5.41, 5.74) is 0.285. The summed E-state index contributed by atoms with van der Waals surface area (Å²) < 4.78 is 0. The van der Waals surface area contributed by atoms with Crippen molar-refractivity contribution in [1.82, 2.24) is 10.2 Å². The standard InChI is InChI=1S/C13H28N2/c1-13(2,11-14-3)15(4)10-9-12-7-5-6-8-12/h12,14H,5-11H2,1-4H3. The molecule has 2 heteroatoms. The summed E-state index contributed by atoms with van der Waals surface area (Å²) in [6.07, 6.45) is 7.27. The van der Waals surface area contributed by atoms with E-state index in [1.807, 2.05) is 7.05 Å². The molecule has 0 amide bonds. The third-order valence-corrected chi connectivity index (χ3v) is 3.99. The Hall–Kier alpha value is -0.0800. The molecular formula is C13H28N2. The summed E-state index contributed by atoms with van der Waals surface area (Å²) >= 11 is 0. The lowest BCUT2D eigenvalue weighted by atomic mass is 10.00. The number of nitrogens with one attached hydrogen (secondary N) is 1. The summed E-state index contributed by atoms with van der Waals surface area (Å²) in [7, 11) is 4.29. The molecule has 2 nitrogen and oxygen atoms in total. The van der Waals surface area contributed by atoms with Gasteiger partial charge in [0.2, 0.25) is 0 Å². The Morgan fingerprint density at radius 1 is 1.27 bits per heavy atom. The molecule has 0 atom stereocenters. The molecule has 0 heterocycles. The van der Waals surface area contributed by atoms with Crippen LogP contribution in [0.3, 0.4) is 0 Å². The lowest BCUT2D eigenvalue weighted by Gasteiger charge is -2.36. The second-order valence-corrected chi connectivity index (χ2v) is 5.70. The summed E-state index contributed by atoms with van der Waals surface area (Å²) in [5.74, 6) is 1.01. The zero-order valence-corrected chi connectivity index (χ0v) is 11.0. The normalized spacial score (nSPS) is 19.0. The van der Waals surface area contributed by atoms with Crippen molar-refractivity contribution in [3.63, 3.8) is 0 Å². The summed E-state index contributed by atoms with van der Waals surface area (Å²) in [6.45, 7) is 6.95. The van der Waals surface area contributed by atoms with Crippen molar-refractivity contribution in [3.8, 4) is 0 Å². The van der Waals surface area contributed by atoms with Gasteiger partial charge in [-0.3, -0.25) is 4.90 Å². The van der Waals surface area contributed by atoms with Crippen LogP contribution in [0.25, 0.3) is 0 Å². The third-order valence-electron chi connectivity index (χ3n) is 3.99. The van der Waals surface area contributed by atoms with E-state index in [0.29, 0.717) is 0 Å². The number of likely N-dealkylation sites (N-methyl/N-ethyl adjacent to an activating group) is 2. The first-order valence-corrected chi connectivity index (χ1v) is 6.42. The highest BCUT2D eigenvalue weighted by Crippen LogP contribution is 2.28. The van der Waals surface area contributed by atoms with Crippen LogP contribution in [0, 0.1) is 5.92 Å². The average molecular weight is 212 g/mol. The van der Waals surface area contributed by atoms with Gasteiger partial charge in [-0.15, -0.1) is 0 Å². The van der Waals surface area contributed by atoms with Crippen LogP contribution in [0.2, 0.25) is 0 Å². The molecule has 1 saturated carbocycles. The highest BCUT2D eigenvalue weighted by atomic mass is 15.2. The lowest BCUT2D eigenvalue weighted by molar-refractivity contribution is 0.146. The van der Waals surface area contributed by atoms with Gasteiger partial charge in [0.1, 0.15) is 0 Å². The van der Waals surface area contributed by atoms with Crippen molar-refractivity contribution in [2.75, 3.05) is 27.2 Å². The van der Waals surface area contributed by atoms with Crippen molar-refractivity contribution in [3.05, 3.63) is 0 Å². The maximum atomic E-state index is 3.28. The highest BCUT2D eigenvalue weighted by Gasteiger charge is 2.23. The Balaban J connectivity index is 2.24. The monoisotopic (exact) mass is 212 g/mol. The molecule has 0 aromatic carbocycles. The molecule has 1 aliphatic rings. The van der Waals surface area contributed by atoms with Gasteiger partial charge in [0, 0.05) is 12.1 Å². The molecular weight excluding hydrogens is 184 g/mol. The molecule has 0 aliphatic heterocycles. The van der Waals surface area contributed by atoms with Gasteiger partial charge in [-0.2, -0.15) is 0 Å². The van der Waals surface area contributed by atoms with Gasteiger partial charge in [-0.05, 0) is 46.8 Å². The molecule has 0 bridgehead atoms. The maximum absolute atomic E-state index is 3.28. The van der Waals surface area contributed by atoms with Gasteiger partial charge in [-0.1, -0.05) is 25.7 Å². The molecule has 0 radical (unpaired) electrons. The van der Waals surface area contributed by atoms with Crippen molar-refractivity contribution >= 4 is 0 Å². The molecule has 90 valence electrons. The molecule has 1 fully saturated rings. The average Bonchev–Trinajstić information content (AvgIpc) is 2.66. The Morgan fingerprint density at radius 2 is 1.87 bits per heavy atom. The summed E-state index contributed by atoms with van der Waals surface area (Å²) in [5, 5.41) is 3.28. The van der Waals surface area contributed by atoms with Crippen molar-refractivity contribution in [2.24, 2.45) is 5.92 Å². The van der Waals surface area contributed by atoms with E-state index in [0.717, 1.165) is 12.5 Å². The van der Waals surface area contributed by atoms with Gasteiger partial charge < -0.3 is 5.32 Å². The predicted molar refractivity (Wildman–Crippen MR) is 67.2 cm³/mol. The van der Waals surface area contributed by atoms with Crippen LogP contribution in [0.5, 0.6) is 0 Å². The van der Waals surface area contributed by atoms with Crippen LogP contribution in [0.1, 0.15) is 46.0 Å². The fourth-order valence-corrected chi connectivity index (χ4v) is 2.55. The molecule has 0 unspecified atom stereocenters. The maximum Gasteiger partial charge on any atom is 0.0274 e. The third kappa shape index (κ3) is 4.12. The minimum Gasteiger partial charge on any atom is -0.318 e. The van der Waals surface area contributed by atoms with Gasteiger partial charge >= 0.3 is 0 Å². The van der Waals surface area contributed by atoms with Gasteiger partial charge in [-0.25, -0.2) is 0 Å². The fraction of sp³-hybridized carbons (Fsp3) is 1.00. The number of nitrogens with zero attached hydrogens (tertiary/aromatic N) is 1. The minimum atomic E-state index is 0.285. The molecule has 15 heavy (non-hydrogen) atoms. The number of rotatable bonds is 6. The molecule has 1 rings (SSSR count). The van der Waals surface area contributed by atoms with Crippen molar-refractivity contribution < 1.29 is 0 Å². The van der Waals surface area contributed by atoms with E-state index in [2.05, 4.69) is 31.1 Å². The highest BCUT2D eigenvalue weighted by molar-refractivity contribution is 4.82. The van der Waals surface area contributed by atoms with Crippen LogP contribution < -0.4 is 5.32 Å². The minimum absolute atomic E-state index is 0.285. The molecule has 0 aromatic rings. The molecule has 0 aromatic heterocycles. The fourth-order valence-electron chi connectivity index (χ4n) is 2.55. The van der Waals surface area contributed by atoms with E-state index in [9.17, 15) is 0 Å². The Bertz CT molecular complexity index is 171.